The van der Waals surface area contributed by atoms with Crippen LogP contribution in [0.5, 0.6) is 0 Å². The summed E-state index contributed by atoms with van der Waals surface area (Å²) in [5.41, 5.74) is 3.51. The standard InChI is InChI=1S/C56H89FN6O13S/c1-15-38(35-17-19-36(20-18-35)51-59-39(28-77-51)50(58)68)41(26-57)63-27-37(60-61-63)21-22-62(12)40-23-30(4)73-53(46(40)65)76-49-31(5)44(42-25-54(9,71-13)48(67)34(8)74-42)32(6)52(69)75-43(16-2)56(11,70)47(66)33(7)45(64)29(3)24-55(49,10)72-14/h17-20,27,29-34,38-44,46-49,53,65-67,70H,15-16,21-26,28H2,1-14H3,(H2,58,68)/t29-,30-,31+,32-,33+,34+,38-,39+,40+,41-,42-,43-,44?,46-,47-,48+,49-,53+,54-,55-,56-/m1/s1. The molecule has 5 heterocycles. The van der Waals surface area contributed by atoms with Gasteiger partial charge in [-0.3, -0.25) is 19.4 Å². The second-order valence-corrected chi connectivity index (χ2v) is 24.2. The average Bonchev–Trinajstić information content (AvgIpc) is 4.10. The molecule has 21 atom stereocenters. The molecule has 1 aromatic heterocycles. The van der Waals surface area contributed by atoms with Crippen molar-refractivity contribution in [1.29, 1.82) is 0 Å². The van der Waals surface area contributed by atoms with Crippen LogP contribution in [-0.2, 0) is 49.2 Å². The molecule has 21 heteroatoms. The van der Waals surface area contributed by atoms with Gasteiger partial charge in [0.1, 0.15) is 42.4 Å². The second kappa shape index (κ2) is 26.0. The number of ketones is 1. The zero-order valence-corrected chi connectivity index (χ0v) is 48.5. The third-order valence-corrected chi connectivity index (χ3v) is 18.9. The molecule has 0 spiro atoms. The molecule has 1 amide bonds. The largest absolute Gasteiger partial charge is 0.459 e. The minimum Gasteiger partial charge on any atom is -0.459 e. The van der Waals surface area contributed by atoms with Gasteiger partial charge in [-0.2, -0.15) is 0 Å². The SMILES string of the molecule is CC[C@H](c1ccc(C2=N[C@H](C(N)=O)CS2)cc1)[C@@H](CF)n1cc(CCN(C)[C@H]2C[C@@H](C)O[C@@H](O[C@@H]3[C@@H](C)C([C@H]4C[C@@](C)(OC)[C@@H](O)[C@H](C)O4)[C@@H](C)C(=O)O[C@H](CC)[C@@](C)(O)[C@H](O)[C@@H](C)C(=O)[C@H](C)C[C@@]3(C)OC)[C@@H]2O)nn1. The van der Waals surface area contributed by atoms with Gasteiger partial charge in [-0.25, -0.2) is 9.07 Å². The number of ether oxygens (including phenoxy) is 6. The van der Waals surface area contributed by atoms with Gasteiger partial charge in [0.05, 0.1) is 64.4 Å². The van der Waals surface area contributed by atoms with Crippen LogP contribution in [0.15, 0.2) is 35.5 Å². The summed E-state index contributed by atoms with van der Waals surface area (Å²) >= 11 is 1.48. The number of rotatable bonds is 17. The van der Waals surface area contributed by atoms with Crippen molar-refractivity contribution in [2.75, 3.05) is 40.2 Å². The normalized spacial score (nSPS) is 39.7. The summed E-state index contributed by atoms with van der Waals surface area (Å²) in [5.74, 6) is -5.39. The van der Waals surface area contributed by atoms with Gasteiger partial charge in [-0.1, -0.05) is 71.0 Å². The number of carbonyl (C=O) groups is 3. The number of methoxy groups -OCH3 is 2. The highest BCUT2D eigenvalue weighted by atomic mass is 32.2. The molecular weight excluding hydrogens is 1020 g/mol. The van der Waals surface area contributed by atoms with E-state index in [-0.39, 0.29) is 31.0 Å². The van der Waals surface area contributed by atoms with E-state index in [1.165, 1.54) is 32.9 Å². The van der Waals surface area contributed by atoms with E-state index in [4.69, 9.17) is 34.2 Å². The van der Waals surface area contributed by atoms with Crippen LogP contribution < -0.4 is 5.73 Å². The van der Waals surface area contributed by atoms with E-state index in [0.29, 0.717) is 37.3 Å². The molecule has 0 radical (unpaired) electrons. The predicted octanol–water partition coefficient (Wildman–Crippen LogP) is 4.97. The minimum absolute atomic E-state index is 0.0715. The Labute approximate surface area is 458 Å². The summed E-state index contributed by atoms with van der Waals surface area (Å²) in [6.45, 7) is 19.1. The second-order valence-electron chi connectivity index (χ2n) is 23.2. The number of likely N-dealkylation sites (N-methyl/N-ethyl adjacent to an activating group) is 1. The topological polar surface area (TPSA) is 260 Å². The number of Topliss-reactive ketones (excluding diaryl/α,β-unsaturated/α-hetero) is 1. The maximum atomic E-state index is 15.1. The van der Waals surface area contributed by atoms with Gasteiger partial charge in [0.15, 0.2) is 6.29 Å². The maximum absolute atomic E-state index is 15.1. The number of nitrogens with two attached hydrogens (primary N) is 1. The molecule has 1 aromatic carbocycles. The van der Waals surface area contributed by atoms with Crippen molar-refractivity contribution in [2.45, 2.75) is 211 Å². The van der Waals surface area contributed by atoms with Crippen molar-refractivity contribution in [2.24, 2.45) is 40.3 Å². The van der Waals surface area contributed by atoms with Crippen LogP contribution in [0.25, 0.3) is 0 Å². The van der Waals surface area contributed by atoms with Gasteiger partial charge in [0.2, 0.25) is 5.91 Å². The first-order valence-corrected chi connectivity index (χ1v) is 28.5. The molecule has 1 unspecified atom stereocenters. The number of thioether (sulfide) groups is 1. The smallest absolute Gasteiger partial charge is 0.309 e. The first kappa shape index (κ1) is 62.7. The molecule has 6 N–H and O–H groups in total. The summed E-state index contributed by atoms with van der Waals surface area (Å²) in [5, 5.41) is 56.9. The van der Waals surface area contributed by atoms with Crippen molar-refractivity contribution in [3.63, 3.8) is 0 Å². The molecule has 434 valence electrons. The highest BCUT2D eigenvalue weighted by Crippen LogP contribution is 2.46. The molecule has 3 fully saturated rings. The van der Waals surface area contributed by atoms with Crippen LogP contribution in [0.3, 0.4) is 0 Å². The number of aliphatic imine (C=N–C) groups is 1. The molecule has 0 aliphatic carbocycles. The first-order valence-electron chi connectivity index (χ1n) is 27.5. The molecule has 3 saturated heterocycles. The Hall–Kier alpha value is -3.48. The number of alkyl halides is 1. The van der Waals surface area contributed by atoms with Crippen LogP contribution in [0.4, 0.5) is 4.39 Å². The van der Waals surface area contributed by atoms with Crippen LogP contribution in [0, 0.1) is 29.6 Å². The zero-order chi connectivity index (χ0) is 57.1. The summed E-state index contributed by atoms with van der Waals surface area (Å²) in [4.78, 5) is 47.2. The minimum atomic E-state index is -2.00. The number of cyclic esters (lactones) is 1. The predicted molar refractivity (Wildman–Crippen MR) is 289 cm³/mol. The number of benzene rings is 1. The third-order valence-electron chi connectivity index (χ3n) is 17.8. The van der Waals surface area contributed by atoms with Crippen molar-refractivity contribution in [1.82, 2.24) is 19.9 Å². The fraction of sp³-hybridized carbons (Fsp3) is 0.786. The molecule has 0 saturated carbocycles. The number of nitrogens with zero attached hydrogens (tertiary/aromatic N) is 5. The molecule has 4 aliphatic rings. The number of aliphatic hydroxyl groups is 4. The number of esters is 1. The highest BCUT2D eigenvalue weighted by Gasteiger charge is 2.56. The van der Waals surface area contributed by atoms with Crippen LogP contribution in [-0.4, -0.2) is 187 Å². The van der Waals surface area contributed by atoms with Crippen molar-refractivity contribution in [3.8, 4) is 0 Å². The fourth-order valence-electron chi connectivity index (χ4n) is 12.7. The van der Waals surface area contributed by atoms with Gasteiger partial charge >= 0.3 is 5.97 Å². The maximum Gasteiger partial charge on any atom is 0.309 e. The Morgan fingerprint density at radius 2 is 1.64 bits per heavy atom. The van der Waals surface area contributed by atoms with E-state index in [0.717, 1.165) is 16.2 Å². The number of hydrogen-bond donors (Lipinski definition) is 5. The fourth-order valence-corrected chi connectivity index (χ4v) is 13.8. The Kier molecular flexibility index (Phi) is 21.1. The van der Waals surface area contributed by atoms with Gasteiger partial charge < -0.3 is 59.5 Å². The highest BCUT2D eigenvalue weighted by molar-refractivity contribution is 8.14. The number of halogens is 1. The number of aromatic nitrogens is 3. The Bertz CT molecular complexity index is 2330. The van der Waals surface area contributed by atoms with E-state index in [2.05, 4.69) is 15.3 Å². The van der Waals surface area contributed by atoms with Crippen molar-refractivity contribution in [3.05, 3.63) is 47.3 Å². The average molecular weight is 1110 g/mol. The van der Waals surface area contributed by atoms with E-state index >= 15 is 4.39 Å². The number of amides is 1. The van der Waals surface area contributed by atoms with Crippen molar-refractivity contribution < 1.29 is 67.6 Å². The molecule has 6 rings (SSSR count). The third kappa shape index (κ3) is 13.5. The molecule has 0 bridgehead atoms. The Morgan fingerprint density at radius 1 is 0.974 bits per heavy atom. The first-order chi connectivity index (χ1) is 36.2. The molecule has 2 aromatic rings. The van der Waals surface area contributed by atoms with Gasteiger partial charge in [-0.05, 0) is 78.8 Å². The van der Waals surface area contributed by atoms with E-state index < -0.39 is 138 Å². The summed E-state index contributed by atoms with van der Waals surface area (Å²) in [7, 11) is 4.93. The molecule has 19 nitrogen and oxygen atoms in total. The van der Waals surface area contributed by atoms with Crippen LogP contribution in [0.1, 0.15) is 137 Å². The lowest BCUT2D eigenvalue weighted by Crippen LogP contribution is -2.62. The monoisotopic (exact) mass is 1100 g/mol. The number of hydrogen-bond acceptors (Lipinski definition) is 18. The number of primary amides is 1. The molecule has 4 aliphatic heterocycles. The lowest BCUT2D eigenvalue weighted by atomic mass is 9.67. The molecular formula is C56H89FN6O13S. The van der Waals surface area contributed by atoms with Gasteiger partial charge in [0.25, 0.3) is 0 Å². The zero-order valence-electron chi connectivity index (χ0n) is 47.7. The van der Waals surface area contributed by atoms with Gasteiger partial charge in [0, 0.05) is 80.8 Å². The van der Waals surface area contributed by atoms with Crippen LogP contribution >= 0.6 is 11.8 Å². The van der Waals surface area contributed by atoms with E-state index in [1.54, 1.807) is 52.4 Å². The number of aliphatic hydroxyl groups excluding tert-OH is 3. The lowest BCUT2D eigenvalue weighted by molar-refractivity contribution is -0.305. The van der Waals surface area contributed by atoms with Gasteiger partial charge in [-0.15, -0.1) is 16.9 Å². The summed E-state index contributed by atoms with van der Waals surface area (Å²) in [6, 6.07) is 6.13. The summed E-state index contributed by atoms with van der Waals surface area (Å²) < 4.78 is 55.4. The Balaban J connectivity index is 1.27. The lowest BCUT2D eigenvalue weighted by Gasteiger charge is -2.52. The quantitative estimate of drug-likeness (QED) is 0.131. The number of carbonyl (C=O) groups excluding carboxylic acids is 3. The Morgan fingerprint density at radius 3 is 2.22 bits per heavy atom. The van der Waals surface area contributed by atoms with Crippen molar-refractivity contribution >= 4 is 34.5 Å². The van der Waals surface area contributed by atoms with E-state index in [1.807, 2.05) is 63.9 Å². The molecule has 77 heavy (non-hydrogen) atoms. The van der Waals surface area contributed by atoms with Crippen LogP contribution in [0.2, 0.25) is 0 Å². The van der Waals surface area contributed by atoms with E-state index in [9.17, 15) is 34.8 Å². The summed E-state index contributed by atoms with van der Waals surface area (Å²) in [6.07, 6.45) is -5.47.